The normalized spacial score (nSPS) is 30.9. The highest BCUT2D eigenvalue weighted by Crippen LogP contribution is 2.42. The zero-order valence-corrected chi connectivity index (χ0v) is 14.0. The summed E-state index contributed by atoms with van der Waals surface area (Å²) >= 11 is 2.02. The van der Waals surface area contributed by atoms with Gasteiger partial charge in [0.2, 0.25) is 0 Å². The molecule has 2 aliphatic heterocycles. The van der Waals surface area contributed by atoms with Crippen molar-refractivity contribution in [3.8, 4) is 0 Å². The molecule has 4 heteroatoms. The summed E-state index contributed by atoms with van der Waals surface area (Å²) in [5.41, 5.74) is -0.378. The minimum atomic E-state index is -0.415. The van der Waals surface area contributed by atoms with Crippen LogP contribution in [0.15, 0.2) is 0 Å². The molecule has 3 unspecified atom stereocenters. The molecule has 0 aliphatic carbocycles. The second-order valence-corrected chi connectivity index (χ2v) is 7.67. The van der Waals surface area contributed by atoms with E-state index >= 15 is 0 Å². The number of aliphatic hydroxyl groups excluding tert-OH is 1. The van der Waals surface area contributed by atoms with Crippen molar-refractivity contribution in [3.63, 3.8) is 0 Å². The highest BCUT2D eigenvalue weighted by Gasteiger charge is 2.45. The third kappa shape index (κ3) is 3.52. The quantitative estimate of drug-likeness (QED) is 0.846. The van der Waals surface area contributed by atoms with E-state index in [-0.39, 0.29) is 11.7 Å². The van der Waals surface area contributed by atoms with Crippen LogP contribution in [-0.2, 0) is 9.47 Å². The number of aliphatic hydroxyl groups is 1. The number of ether oxygens (including phenoxy) is 2. The maximum absolute atomic E-state index is 10.9. The third-order valence-corrected chi connectivity index (χ3v) is 6.17. The summed E-state index contributed by atoms with van der Waals surface area (Å²) in [5.74, 6) is 2.70. The number of rotatable bonds is 5. The Bertz CT molecular complexity index is 299. The molecule has 0 aromatic rings. The molecule has 2 rings (SSSR count). The fraction of sp³-hybridized carbons (Fsp3) is 1.00. The molecular formula is C16H30O3S. The predicted octanol–water partition coefficient (Wildman–Crippen LogP) is 3.24. The lowest BCUT2D eigenvalue weighted by Gasteiger charge is -2.47. The summed E-state index contributed by atoms with van der Waals surface area (Å²) in [4.78, 5) is 0. The molecular weight excluding hydrogens is 272 g/mol. The number of hydrogen-bond acceptors (Lipinski definition) is 4. The van der Waals surface area contributed by atoms with Crippen LogP contribution >= 0.6 is 11.8 Å². The first-order valence-electron chi connectivity index (χ1n) is 8.09. The first-order valence-corrected chi connectivity index (χ1v) is 9.24. The second kappa shape index (κ2) is 6.99. The first-order chi connectivity index (χ1) is 9.55. The Labute approximate surface area is 127 Å². The van der Waals surface area contributed by atoms with Crippen LogP contribution in [0.3, 0.4) is 0 Å². The fourth-order valence-corrected chi connectivity index (χ4v) is 4.89. The molecule has 0 bridgehead atoms. The molecule has 0 aromatic heterocycles. The van der Waals surface area contributed by atoms with Crippen molar-refractivity contribution < 1.29 is 14.6 Å². The van der Waals surface area contributed by atoms with E-state index in [2.05, 4.69) is 13.8 Å². The Kier molecular flexibility index (Phi) is 5.80. The van der Waals surface area contributed by atoms with Crippen LogP contribution in [0.25, 0.3) is 0 Å². The average molecular weight is 302 g/mol. The Balaban J connectivity index is 2.03. The van der Waals surface area contributed by atoms with Crippen LogP contribution in [-0.4, -0.2) is 47.1 Å². The van der Waals surface area contributed by atoms with E-state index in [1.165, 1.54) is 11.5 Å². The molecule has 2 aliphatic rings. The van der Waals surface area contributed by atoms with Crippen molar-refractivity contribution in [2.45, 2.75) is 70.2 Å². The molecule has 3 atom stereocenters. The van der Waals surface area contributed by atoms with Gasteiger partial charge in [0.05, 0.1) is 17.3 Å². The summed E-state index contributed by atoms with van der Waals surface area (Å²) in [5, 5.41) is 10.9. The van der Waals surface area contributed by atoms with Crippen LogP contribution in [0, 0.1) is 5.92 Å². The van der Waals surface area contributed by atoms with Gasteiger partial charge in [0.1, 0.15) is 0 Å². The average Bonchev–Trinajstić information content (AvgIpc) is 2.47. The lowest BCUT2D eigenvalue weighted by Crippen LogP contribution is -2.52. The molecule has 2 saturated heterocycles. The predicted molar refractivity (Wildman–Crippen MR) is 84.3 cm³/mol. The van der Waals surface area contributed by atoms with Gasteiger partial charge in [-0.1, -0.05) is 6.92 Å². The molecule has 0 radical (unpaired) electrons. The molecule has 2 fully saturated rings. The van der Waals surface area contributed by atoms with Gasteiger partial charge in [-0.2, -0.15) is 11.8 Å². The van der Waals surface area contributed by atoms with E-state index in [1.807, 2.05) is 18.7 Å². The number of thioether (sulfide) groups is 1. The Morgan fingerprint density at radius 1 is 1.40 bits per heavy atom. The van der Waals surface area contributed by atoms with Crippen molar-refractivity contribution in [1.82, 2.24) is 0 Å². The lowest BCUT2D eigenvalue weighted by atomic mass is 9.75. The fourth-order valence-electron chi connectivity index (χ4n) is 3.65. The van der Waals surface area contributed by atoms with Crippen LogP contribution < -0.4 is 0 Å². The van der Waals surface area contributed by atoms with Crippen LogP contribution in [0.4, 0.5) is 0 Å². The zero-order chi connectivity index (χ0) is 14.6. The summed E-state index contributed by atoms with van der Waals surface area (Å²) in [6, 6.07) is 0. The summed E-state index contributed by atoms with van der Waals surface area (Å²) in [6.45, 7) is 7.61. The molecule has 1 spiro atoms. The van der Waals surface area contributed by atoms with Crippen molar-refractivity contribution in [2.24, 2.45) is 5.92 Å². The molecule has 1 N–H and O–H groups in total. The van der Waals surface area contributed by atoms with E-state index in [9.17, 15) is 5.11 Å². The molecule has 3 nitrogen and oxygen atoms in total. The molecule has 20 heavy (non-hydrogen) atoms. The summed E-state index contributed by atoms with van der Waals surface area (Å²) < 4.78 is 12.0. The summed E-state index contributed by atoms with van der Waals surface area (Å²) in [7, 11) is 0. The Hall–Kier alpha value is 0.230. The maximum Gasteiger partial charge on any atom is 0.0912 e. The van der Waals surface area contributed by atoms with Gasteiger partial charge in [-0.05, 0) is 63.4 Å². The van der Waals surface area contributed by atoms with Gasteiger partial charge in [-0.25, -0.2) is 0 Å². The molecule has 2 heterocycles. The van der Waals surface area contributed by atoms with Crippen LogP contribution in [0.2, 0.25) is 0 Å². The van der Waals surface area contributed by atoms with E-state index in [1.54, 1.807) is 0 Å². The highest BCUT2D eigenvalue weighted by molar-refractivity contribution is 7.99. The smallest absolute Gasteiger partial charge is 0.0912 e. The zero-order valence-electron chi connectivity index (χ0n) is 13.2. The number of hydrogen-bond donors (Lipinski definition) is 1. The van der Waals surface area contributed by atoms with Gasteiger partial charge in [-0.3, -0.25) is 0 Å². The SMILES string of the molecule is CCOC(C)(CC)C(O)C1CCOC2(CCSCC2)C1. The molecule has 0 aromatic carbocycles. The maximum atomic E-state index is 10.9. The highest BCUT2D eigenvalue weighted by atomic mass is 32.2. The van der Waals surface area contributed by atoms with Crippen molar-refractivity contribution in [2.75, 3.05) is 24.7 Å². The van der Waals surface area contributed by atoms with Gasteiger partial charge in [0, 0.05) is 13.2 Å². The Morgan fingerprint density at radius 3 is 2.70 bits per heavy atom. The standard InChI is InChI=1S/C16H30O3S/c1-4-15(3,18-5-2)14(17)13-6-9-19-16(12-13)7-10-20-11-8-16/h13-14,17H,4-12H2,1-3H3. The lowest BCUT2D eigenvalue weighted by molar-refractivity contribution is -0.171. The summed E-state index contributed by atoms with van der Waals surface area (Å²) in [6.07, 6.45) is 4.69. The van der Waals surface area contributed by atoms with E-state index < -0.39 is 5.60 Å². The minimum Gasteiger partial charge on any atom is -0.390 e. The molecule has 118 valence electrons. The van der Waals surface area contributed by atoms with Crippen molar-refractivity contribution in [3.05, 3.63) is 0 Å². The van der Waals surface area contributed by atoms with Gasteiger partial charge in [0.25, 0.3) is 0 Å². The van der Waals surface area contributed by atoms with Gasteiger partial charge < -0.3 is 14.6 Å². The second-order valence-electron chi connectivity index (χ2n) is 6.44. The van der Waals surface area contributed by atoms with E-state index in [0.29, 0.717) is 12.5 Å². The Morgan fingerprint density at radius 2 is 2.10 bits per heavy atom. The third-order valence-electron chi connectivity index (χ3n) is 5.18. The monoisotopic (exact) mass is 302 g/mol. The van der Waals surface area contributed by atoms with E-state index in [4.69, 9.17) is 9.47 Å². The van der Waals surface area contributed by atoms with Gasteiger partial charge in [-0.15, -0.1) is 0 Å². The minimum absolute atomic E-state index is 0.0377. The van der Waals surface area contributed by atoms with E-state index in [0.717, 1.165) is 38.7 Å². The van der Waals surface area contributed by atoms with Crippen LogP contribution in [0.1, 0.15) is 52.9 Å². The van der Waals surface area contributed by atoms with Crippen molar-refractivity contribution >= 4 is 11.8 Å². The first kappa shape index (κ1) is 16.6. The molecule has 0 saturated carbocycles. The topological polar surface area (TPSA) is 38.7 Å². The molecule has 0 amide bonds. The largest absolute Gasteiger partial charge is 0.390 e. The van der Waals surface area contributed by atoms with Gasteiger partial charge in [0.15, 0.2) is 0 Å². The van der Waals surface area contributed by atoms with Crippen LogP contribution in [0.5, 0.6) is 0 Å². The van der Waals surface area contributed by atoms with Crippen molar-refractivity contribution in [1.29, 1.82) is 0 Å². The van der Waals surface area contributed by atoms with Gasteiger partial charge >= 0.3 is 0 Å².